The normalized spacial score (nSPS) is 20.1. The number of nitrogen functional groups attached to an aromatic ring is 1. The van der Waals surface area contributed by atoms with Gasteiger partial charge in [-0.05, 0) is 49.8 Å². The van der Waals surface area contributed by atoms with Crippen molar-refractivity contribution in [3.8, 4) is 17.0 Å². The van der Waals surface area contributed by atoms with Crippen molar-refractivity contribution in [2.45, 2.75) is 31.7 Å². The molecular weight excluding hydrogens is 347 g/mol. The Labute approximate surface area is 156 Å². The summed E-state index contributed by atoms with van der Waals surface area (Å²) in [4.78, 5) is 8.21. The molecule has 0 radical (unpaired) electrons. The van der Waals surface area contributed by atoms with Gasteiger partial charge >= 0.3 is 0 Å². The molecule has 0 atom stereocenters. The van der Waals surface area contributed by atoms with Crippen LogP contribution in [0.15, 0.2) is 24.4 Å². The van der Waals surface area contributed by atoms with Crippen LogP contribution in [0.4, 0.5) is 10.3 Å². The average Bonchev–Trinajstić information content (AvgIpc) is 2.98. The molecule has 0 saturated heterocycles. The topological polar surface area (TPSA) is 105 Å². The molecule has 8 heteroatoms. The lowest BCUT2D eigenvalue weighted by molar-refractivity contribution is 0.195. The molecule has 142 valence electrons. The van der Waals surface area contributed by atoms with Crippen molar-refractivity contribution in [3.63, 3.8) is 0 Å². The molecule has 2 aromatic heterocycles. The van der Waals surface area contributed by atoms with Crippen molar-refractivity contribution in [2.75, 3.05) is 12.3 Å². The Balaban J connectivity index is 1.54. The second-order valence-electron chi connectivity index (χ2n) is 7.17. The molecule has 1 aromatic carbocycles. The van der Waals surface area contributed by atoms with Gasteiger partial charge in [0.25, 0.3) is 0 Å². The van der Waals surface area contributed by atoms with E-state index in [4.69, 9.17) is 16.2 Å². The highest BCUT2D eigenvalue weighted by molar-refractivity contribution is 5.91. The number of halogens is 1. The zero-order chi connectivity index (χ0) is 19.0. The van der Waals surface area contributed by atoms with Crippen molar-refractivity contribution < 1.29 is 9.13 Å². The van der Waals surface area contributed by atoms with E-state index in [0.717, 1.165) is 31.1 Å². The van der Waals surface area contributed by atoms with Crippen LogP contribution in [0.1, 0.15) is 25.7 Å². The van der Waals surface area contributed by atoms with E-state index in [0.29, 0.717) is 35.5 Å². The molecule has 1 fully saturated rings. The van der Waals surface area contributed by atoms with Crippen molar-refractivity contribution in [3.05, 3.63) is 30.2 Å². The van der Waals surface area contributed by atoms with Gasteiger partial charge in [0.05, 0.1) is 12.0 Å². The number of nitrogens with two attached hydrogens (primary N) is 2. The molecule has 0 aliphatic heterocycles. The Bertz CT molecular complexity index is 964. The van der Waals surface area contributed by atoms with E-state index < -0.39 is 5.82 Å². The molecule has 3 aromatic rings. The summed E-state index contributed by atoms with van der Waals surface area (Å²) in [7, 11) is 1.77. The SMILES string of the molecule is Cn1nc(-c2ccc(OCC3CCC(N)CC3)c(F)c2)c2cnc(N)nc21. The van der Waals surface area contributed by atoms with Gasteiger partial charge in [0, 0.05) is 24.8 Å². The largest absolute Gasteiger partial charge is 0.490 e. The first kappa shape index (κ1) is 17.7. The predicted octanol–water partition coefficient (Wildman–Crippen LogP) is 2.65. The fourth-order valence-electron chi connectivity index (χ4n) is 3.59. The van der Waals surface area contributed by atoms with Crippen molar-refractivity contribution >= 4 is 17.0 Å². The van der Waals surface area contributed by atoms with Crippen LogP contribution in [0.3, 0.4) is 0 Å². The minimum absolute atomic E-state index is 0.177. The van der Waals surface area contributed by atoms with Crippen LogP contribution >= 0.6 is 0 Å². The van der Waals surface area contributed by atoms with E-state index in [2.05, 4.69) is 15.1 Å². The van der Waals surface area contributed by atoms with Crippen LogP contribution in [0.2, 0.25) is 0 Å². The molecule has 0 unspecified atom stereocenters. The lowest BCUT2D eigenvalue weighted by Crippen LogP contribution is -2.28. The smallest absolute Gasteiger partial charge is 0.222 e. The number of nitrogens with zero attached hydrogens (tertiary/aromatic N) is 4. The minimum Gasteiger partial charge on any atom is -0.490 e. The van der Waals surface area contributed by atoms with Gasteiger partial charge < -0.3 is 16.2 Å². The maximum absolute atomic E-state index is 14.6. The van der Waals surface area contributed by atoms with Gasteiger partial charge in [-0.3, -0.25) is 0 Å². The number of ether oxygens (including phenoxy) is 1. The standard InChI is InChI=1S/C19H23FN6O/c1-26-18-14(9-23-19(22)24-18)17(25-26)12-4-7-16(15(20)8-12)27-10-11-2-5-13(21)6-3-11/h4,7-9,11,13H,2-3,5-6,10,21H2,1H3,(H2,22,23,24). The number of aromatic nitrogens is 4. The maximum Gasteiger partial charge on any atom is 0.222 e. The zero-order valence-corrected chi connectivity index (χ0v) is 15.2. The highest BCUT2D eigenvalue weighted by Crippen LogP contribution is 2.31. The number of hydrogen-bond donors (Lipinski definition) is 2. The highest BCUT2D eigenvalue weighted by Gasteiger charge is 2.20. The molecule has 1 saturated carbocycles. The first-order chi connectivity index (χ1) is 13.0. The summed E-state index contributed by atoms with van der Waals surface area (Å²) in [5.41, 5.74) is 13.4. The minimum atomic E-state index is -0.407. The molecule has 1 aliphatic carbocycles. The first-order valence-corrected chi connectivity index (χ1v) is 9.15. The average molecular weight is 370 g/mol. The molecule has 7 nitrogen and oxygen atoms in total. The quantitative estimate of drug-likeness (QED) is 0.731. The molecule has 4 rings (SSSR count). The van der Waals surface area contributed by atoms with Gasteiger partial charge in [0.1, 0.15) is 5.69 Å². The van der Waals surface area contributed by atoms with Crippen molar-refractivity contribution in [1.29, 1.82) is 0 Å². The van der Waals surface area contributed by atoms with Crippen molar-refractivity contribution in [2.24, 2.45) is 18.7 Å². The third kappa shape index (κ3) is 3.57. The summed E-state index contributed by atoms with van der Waals surface area (Å²) in [6.45, 7) is 0.516. The lowest BCUT2D eigenvalue weighted by atomic mass is 9.87. The van der Waals surface area contributed by atoms with Crippen molar-refractivity contribution in [1.82, 2.24) is 19.7 Å². The zero-order valence-electron chi connectivity index (χ0n) is 15.2. The Morgan fingerprint density at radius 1 is 1.26 bits per heavy atom. The Morgan fingerprint density at radius 3 is 2.78 bits per heavy atom. The van der Waals surface area contributed by atoms with Crippen LogP contribution < -0.4 is 16.2 Å². The monoisotopic (exact) mass is 370 g/mol. The van der Waals surface area contributed by atoms with Gasteiger partial charge in [-0.2, -0.15) is 10.1 Å². The molecule has 4 N–H and O–H groups in total. The van der Waals surface area contributed by atoms with Crippen LogP contribution in [-0.2, 0) is 7.05 Å². The third-order valence-electron chi connectivity index (χ3n) is 5.17. The number of hydrogen-bond acceptors (Lipinski definition) is 6. The lowest BCUT2D eigenvalue weighted by Gasteiger charge is -2.26. The summed E-state index contributed by atoms with van der Waals surface area (Å²) in [6, 6.07) is 5.18. The van der Waals surface area contributed by atoms with Gasteiger partial charge in [-0.1, -0.05) is 0 Å². The third-order valence-corrected chi connectivity index (χ3v) is 5.17. The van der Waals surface area contributed by atoms with Crippen LogP contribution in [0, 0.1) is 11.7 Å². The Hall–Kier alpha value is -2.74. The van der Waals surface area contributed by atoms with Gasteiger partial charge in [0.15, 0.2) is 17.2 Å². The molecule has 1 aliphatic rings. The Morgan fingerprint density at radius 2 is 2.04 bits per heavy atom. The van der Waals surface area contributed by atoms with Gasteiger partial charge in [-0.15, -0.1) is 0 Å². The van der Waals surface area contributed by atoms with Crippen LogP contribution in [0.5, 0.6) is 5.75 Å². The van der Waals surface area contributed by atoms with E-state index in [9.17, 15) is 4.39 Å². The van der Waals surface area contributed by atoms with E-state index in [-0.39, 0.29) is 11.7 Å². The molecule has 0 amide bonds. The summed E-state index contributed by atoms with van der Waals surface area (Å²) in [5.74, 6) is 0.464. The van der Waals surface area contributed by atoms with E-state index in [1.807, 2.05) is 0 Å². The van der Waals surface area contributed by atoms with Gasteiger partial charge in [-0.25, -0.2) is 14.1 Å². The van der Waals surface area contributed by atoms with E-state index >= 15 is 0 Å². The number of rotatable bonds is 4. The fraction of sp³-hybridized carbons (Fsp3) is 0.421. The second kappa shape index (κ2) is 7.11. The van der Waals surface area contributed by atoms with E-state index in [1.54, 1.807) is 30.1 Å². The highest BCUT2D eigenvalue weighted by atomic mass is 19.1. The molecule has 0 bridgehead atoms. The second-order valence-corrected chi connectivity index (χ2v) is 7.17. The molecule has 2 heterocycles. The molecular formula is C19H23FN6O. The number of anilines is 1. The number of fused-ring (bicyclic) bond motifs is 1. The molecule has 27 heavy (non-hydrogen) atoms. The number of benzene rings is 1. The summed E-state index contributed by atoms with van der Waals surface area (Å²) in [6.07, 6.45) is 5.69. The maximum atomic E-state index is 14.6. The van der Waals surface area contributed by atoms with E-state index in [1.165, 1.54) is 6.07 Å². The number of aryl methyl sites for hydroxylation is 1. The van der Waals surface area contributed by atoms with Gasteiger partial charge in [0.2, 0.25) is 5.95 Å². The first-order valence-electron chi connectivity index (χ1n) is 9.15. The summed E-state index contributed by atoms with van der Waals surface area (Å²) < 4.78 is 21.9. The van der Waals surface area contributed by atoms with Crippen LogP contribution in [0.25, 0.3) is 22.3 Å². The fourth-order valence-corrected chi connectivity index (χ4v) is 3.59. The van der Waals surface area contributed by atoms with Crippen LogP contribution in [-0.4, -0.2) is 32.4 Å². The predicted molar refractivity (Wildman–Crippen MR) is 102 cm³/mol. The summed E-state index contributed by atoms with van der Waals surface area (Å²) >= 11 is 0. The summed E-state index contributed by atoms with van der Waals surface area (Å²) in [5, 5.41) is 5.16. The Kier molecular flexibility index (Phi) is 4.65. The molecule has 0 spiro atoms.